The molecule has 3 N–H and O–H groups in total. The highest BCUT2D eigenvalue weighted by Crippen LogP contribution is 2.42. The summed E-state index contributed by atoms with van der Waals surface area (Å²) in [6.45, 7) is 8.71. The zero-order chi connectivity index (χ0) is 22.3. The molecule has 1 aliphatic rings. The number of amides is 1. The Morgan fingerprint density at radius 3 is 2.90 bits per heavy atom. The van der Waals surface area contributed by atoms with E-state index in [1.165, 1.54) is 16.6 Å². The molecular weight excluding hydrogens is 430 g/mol. The predicted molar refractivity (Wildman–Crippen MR) is 127 cm³/mol. The lowest BCUT2D eigenvalue weighted by Crippen LogP contribution is -2.26. The van der Waals surface area contributed by atoms with Gasteiger partial charge >= 0.3 is 0 Å². The number of aromatic amines is 1. The number of aromatic nitrogens is 2. The predicted octanol–water partition coefficient (Wildman–Crippen LogP) is 4.88. The fourth-order valence-corrected chi connectivity index (χ4v) is 6.06. The van der Waals surface area contributed by atoms with Crippen molar-refractivity contribution in [1.29, 1.82) is 0 Å². The molecule has 164 valence electrons. The van der Waals surface area contributed by atoms with Gasteiger partial charge in [0.2, 0.25) is 5.91 Å². The molecule has 0 radical (unpaired) electrons. The van der Waals surface area contributed by atoms with Crippen molar-refractivity contribution < 1.29 is 9.90 Å². The number of hydrogen-bond acceptors (Lipinski definition) is 6. The number of H-pyrrole nitrogens is 1. The van der Waals surface area contributed by atoms with Gasteiger partial charge in [-0.15, -0.1) is 11.3 Å². The van der Waals surface area contributed by atoms with Crippen LogP contribution in [0.1, 0.15) is 43.2 Å². The maximum atomic E-state index is 12.8. The number of phenols is 1. The minimum absolute atomic E-state index is 0.0228. The molecule has 0 fully saturated rings. The van der Waals surface area contributed by atoms with Crippen molar-refractivity contribution in [3.63, 3.8) is 0 Å². The molecule has 0 saturated heterocycles. The van der Waals surface area contributed by atoms with Gasteiger partial charge in [0.25, 0.3) is 5.56 Å². The van der Waals surface area contributed by atoms with Crippen LogP contribution in [0, 0.1) is 18.3 Å². The highest BCUT2D eigenvalue weighted by Gasteiger charge is 2.31. The molecule has 1 atom stereocenters. The third-order valence-electron chi connectivity index (χ3n) is 5.89. The molecular formula is C23H27N3O3S2. The van der Waals surface area contributed by atoms with Crippen molar-refractivity contribution in [3.05, 3.63) is 44.6 Å². The molecule has 2 heterocycles. The lowest BCUT2D eigenvalue weighted by Gasteiger charge is -2.33. The molecule has 0 bridgehead atoms. The Hall–Kier alpha value is -2.32. The van der Waals surface area contributed by atoms with E-state index in [-0.39, 0.29) is 28.4 Å². The molecule has 8 heteroatoms. The Balaban J connectivity index is 1.50. The second-order valence-electron chi connectivity index (χ2n) is 9.22. The van der Waals surface area contributed by atoms with E-state index in [0.717, 1.165) is 35.2 Å². The molecule has 0 spiro atoms. The van der Waals surface area contributed by atoms with Crippen molar-refractivity contribution in [3.8, 4) is 5.75 Å². The minimum atomic E-state index is -0.271. The second kappa shape index (κ2) is 8.31. The van der Waals surface area contributed by atoms with Crippen molar-refractivity contribution in [2.24, 2.45) is 11.3 Å². The number of carbonyl (C=O) groups is 1. The SMILES string of the molecule is Cc1ccc(O)c(NC(=O)CSc2nc3sc4c(c3c(=O)[nH]2)CCC(C(C)(C)C)C4)c1. The van der Waals surface area contributed by atoms with Crippen LogP contribution in [0.4, 0.5) is 5.69 Å². The number of aromatic hydroxyl groups is 1. The zero-order valence-electron chi connectivity index (χ0n) is 18.2. The summed E-state index contributed by atoms with van der Waals surface area (Å²) in [7, 11) is 0. The number of rotatable bonds is 4. The fraction of sp³-hybridized carbons (Fsp3) is 0.435. The molecule has 1 unspecified atom stereocenters. The Bertz CT molecular complexity index is 1210. The van der Waals surface area contributed by atoms with Gasteiger partial charge in [-0.1, -0.05) is 38.6 Å². The normalized spacial score (nSPS) is 16.3. The summed E-state index contributed by atoms with van der Waals surface area (Å²) in [5.41, 5.74) is 2.58. The fourth-order valence-electron chi connectivity index (χ4n) is 4.04. The van der Waals surface area contributed by atoms with Gasteiger partial charge < -0.3 is 15.4 Å². The summed E-state index contributed by atoms with van der Waals surface area (Å²) in [6, 6.07) is 5.03. The Morgan fingerprint density at radius 1 is 1.39 bits per heavy atom. The number of thioether (sulfide) groups is 1. The van der Waals surface area contributed by atoms with E-state index in [4.69, 9.17) is 0 Å². The molecule has 1 aliphatic carbocycles. The topological polar surface area (TPSA) is 95.1 Å². The number of nitrogens with one attached hydrogen (secondary N) is 2. The van der Waals surface area contributed by atoms with Gasteiger partial charge in [-0.2, -0.15) is 0 Å². The first-order valence-electron chi connectivity index (χ1n) is 10.4. The third-order valence-corrected chi connectivity index (χ3v) is 7.91. The summed E-state index contributed by atoms with van der Waals surface area (Å²) in [4.78, 5) is 34.6. The summed E-state index contributed by atoms with van der Waals surface area (Å²) < 4.78 is 0. The Kier molecular flexibility index (Phi) is 5.87. The number of aryl methyl sites for hydroxylation is 2. The molecule has 0 aliphatic heterocycles. The number of nitrogens with zero attached hydrogens (tertiary/aromatic N) is 1. The van der Waals surface area contributed by atoms with E-state index < -0.39 is 0 Å². The minimum Gasteiger partial charge on any atom is -0.506 e. The van der Waals surface area contributed by atoms with Gasteiger partial charge in [0.05, 0.1) is 16.8 Å². The third kappa shape index (κ3) is 4.65. The van der Waals surface area contributed by atoms with Gasteiger partial charge in [0.1, 0.15) is 10.6 Å². The second-order valence-corrected chi connectivity index (χ2v) is 11.3. The summed E-state index contributed by atoms with van der Waals surface area (Å²) in [6.07, 6.45) is 2.99. The molecule has 6 nitrogen and oxygen atoms in total. The molecule has 1 amide bonds. The molecule has 0 saturated carbocycles. The van der Waals surface area contributed by atoms with E-state index in [0.29, 0.717) is 22.1 Å². The van der Waals surface area contributed by atoms with E-state index in [1.807, 2.05) is 6.92 Å². The molecule has 31 heavy (non-hydrogen) atoms. The number of phenolic OH excluding ortho intramolecular Hbond substituents is 1. The van der Waals surface area contributed by atoms with Gasteiger partial charge in [-0.05, 0) is 60.8 Å². The first-order chi connectivity index (χ1) is 14.6. The van der Waals surface area contributed by atoms with Crippen LogP contribution in [-0.4, -0.2) is 26.7 Å². The van der Waals surface area contributed by atoms with Crippen molar-refractivity contribution in [1.82, 2.24) is 9.97 Å². The van der Waals surface area contributed by atoms with Crippen LogP contribution < -0.4 is 10.9 Å². The van der Waals surface area contributed by atoms with Crippen LogP contribution in [0.25, 0.3) is 10.2 Å². The smallest absolute Gasteiger partial charge is 0.260 e. The summed E-state index contributed by atoms with van der Waals surface area (Å²) >= 11 is 2.79. The standard InChI is InChI=1S/C23H27N3O3S2/c1-12-5-8-16(27)15(9-12)24-18(28)11-30-22-25-20(29)19-14-7-6-13(23(2,3)4)10-17(14)31-21(19)26-22/h5,8-9,13,27H,6-7,10-11H2,1-4H3,(H,24,28)(H,25,26,29). The molecule has 2 aromatic heterocycles. The van der Waals surface area contributed by atoms with Gasteiger partial charge in [0, 0.05) is 4.88 Å². The summed E-state index contributed by atoms with van der Waals surface area (Å²) in [5, 5.41) is 13.7. The zero-order valence-corrected chi connectivity index (χ0v) is 19.8. The molecule has 4 rings (SSSR count). The number of hydrogen-bond donors (Lipinski definition) is 3. The molecule has 1 aromatic carbocycles. The number of fused-ring (bicyclic) bond motifs is 3. The van der Waals surface area contributed by atoms with Gasteiger partial charge in [-0.3, -0.25) is 9.59 Å². The van der Waals surface area contributed by atoms with E-state index in [9.17, 15) is 14.7 Å². The van der Waals surface area contributed by atoms with Crippen molar-refractivity contribution >= 4 is 44.9 Å². The van der Waals surface area contributed by atoms with E-state index in [2.05, 4.69) is 36.1 Å². The lowest BCUT2D eigenvalue weighted by molar-refractivity contribution is -0.113. The average molecular weight is 458 g/mol. The van der Waals surface area contributed by atoms with Crippen molar-refractivity contribution in [2.75, 3.05) is 11.1 Å². The number of carbonyl (C=O) groups excluding carboxylic acids is 1. The summed E-state index contributed by atoms with van der Waals surface area (Å²) in [5.74, 6) is 0.434. The van der Waals surface area contributed by atoms with E-state index in [1.54, 1.807) is 29.5 Å². The maximum absolute atomic E-state index is 12.8. The number of anilines is 1. The number of thiophene rings is 1. The van der Waals surface area contributed by atoms with Crippen LogP contribution in [0.3, 0.4) is 0 Å². The maximum Gasteiger partial charge on any atom is 0.260 e. The first-order valence-corrected chi connectivity index (χ1v) is 12.2. The highest BCUT2D eigenvalue weighted by atomic mass is 32.2. The monoisotopic (exact) mass is 457 g/mol. The number of benzene rings is 1. The van der Waals surface area contributed by atoms with Crippen LogP contribution in [-0.2, 0) is 17.6 Å². The Labute approximate surface area is 189 Å². The van der Waals surface area contributed by atoms with Crippen LogP contribution >= 0.6 is 23.1 Å². The van der Waals surface area contributed by atoms with Crippen molar-refractivity contribution in [2.45, 2.75) is 52.1 Å². The average Bonchev–Trinajstić information content (AvgIpc) is 3.06. The quantitative estimate of drug-likeness (QED) is 0.295. The van der Waals surface area contributed by atoms with Gasteiger partial charge in [-0.25, -0.2) is 4.98 Å². The molecule has 3 aromatic rings. The van der Waals surface area contributed by atoms with Gasteiger partial charge in [0.15, 0.2) is 5.16 Å². The van der Waals surface area contributed by atoms with E-state index >= 15 is 0 Å². The Morgan fingerprint density at radius 2 is 2.16 bits per heavy atom. The highest BCUT2D eigenvalue weighted by molar-refractivity contribution is 7.99. The first kappa shape index (κ1) is 21.9. The van der Waals surface area contributed by atoms with Crippen LogP contribution in [0.15, 0.2) is 28.2 Å². The largest absolute Gasteiger partial charge is 0.506 e. The lowest BCUT2D eigenvalue weighted by atomic mass is 9.72. The van der Waals surface area contributed by atoms with Crippen LogP contribution in [0.2, 0.25) is 0 Å². The van der Waals surface area contributed by atoms with Crippen LogP contribution in [0.5, 0.6) is 5.75 Å².